The topological polar surface area (TPSA) is 105 Å². The summed E-state index contributed by atoms with van der Waals surface area (Å²) < 4.78 is 24.3. The van der Waals surface area contributed by atoms with Crippen molar-refractivity contribution in [3.05, 3.63) is 0 Å². The lowest BCUT2D eigenvalue weighted by atomic mass is 10.3. The van der Waals surface area contributed by atoms with E-state index in [2.05, 4.69) is 10.4 Å². The van der Waals surface area contributed by atoms with Gasteiger partial charge in [0.25, 0.3) is 0 Å². The first-order valence-electron chi connectivity index (χ1n) is 5.52. The monoisotopic (exact) mass is 262 g/mol. The molecule has 0 bridgehead atoms. The van der Waals surface area contributed by atoms with Crippen LogP contribution in [0, 0.1) is 0 Å². The number of hydrogen-bond acceptors (Lipinski definition) is 5. The molecule has 1 atom stereocenters. The van der Waals surface area contributed by atoms with Crippen molar-refractivity contribution in [3.8, 4) is 0 Å². The Hall–Kier alpha value is -1.15. The Labute approximate surface area is 101 Å². The van der Waals surface area contributed by atoms with E-state index in [-0.39, 0.29) is 5.75 Å². The number of aliphatic imine (C=N–C) groups is 1. The molecule has 0 aromatic heterocycles. The van der Waals surface area contributed by atoms with Gasteiger partial charge in [0.15, 0.2) is 9.84 Å². The largest absolute Gasteiger partial charge is 0.350 e. The molecule has 0 radical (unpaired) electrons. The first-order valence-corrected chi connectivity index (χ1v) is 7.18. The van der Waals surface area contributed by atoms with Gasteiger partial charge in [-0.2, -0.15) is 5.43 Å². The molecular weight excluding hydrogens is 244 g/mol. The molecule has 8 heteroatoms. The summed E-state index contributed by atoms with van der Waals surface area (Å²) in [6.07, 6.45) is 2.56. The highest BCUT2D eigenvalue weighted by Gasteiger charge is 2.46. The average molecular weight is 262 g/mol. The zero-order chi connectivity index (χ0) is 13.1. The predicted octanol–water partition coefficient (Wildman–Crippen LogP) is 0.192. The lowest BCUT2D eigenvalue weighted by Crippen LogP contribution is -2.55. The van der Waals surface area contributed by atoms with Gasteiger partial charge in [-0.3, -0.25) is 0 Å². The number of hydrazine groups is 1. The van der Waals surface area contributed by atoms with Gasteiger partial charge in [-0.25, -0.2) is 23.2 Å². The van der Waals surface area contributed by atoms with Crippen molar-refractivity contribution in [2.75, 3.05) is 5.75 Å². The normalized spacial score (nSPS) is 24.2. The van der Waals surface area contributed by atoms with E-state index in [0.717, 1.165) is 11.3 Å². The van der Waals surface area contributed by atoms with Crippen molar-refractivity contribution in [2.45, 2.75) is 38.1 Å². The number of nitrogens with one attached hydrogen (secondary N) is 1. The highest BCUT2D eigenvalue weighted by Crippen LogP contribution is 2.27. The predicted molar refractivity (Wildman–Crippen MR) is 64.8 cm³/mol. The van der Waals surface area contributed by atoms with Crippen LogP contribution in [-0.2, 0) is 9.84 Å². The van der Waals surface area contributed by atoms with Gasteiger partial charge in [-0.1, -0.05) is 20.3 Å². The second-order valence-electron chi connectivity index (χ2n) is 3.92. The van der Waals surface area contributed by atoms with Gasteiger partial charge in [0.05, 0.1) is 5.75 Å². The molecule has 2 amide bonds. The summed E-state index contributed by atoms with van der Waals surface area (Å²) >= 11 is 0. The highest BCUT2D eigenvalue weighted by atomic mass is 32.2. The van der Waals surface area contributed by atoms with Crippen LogP contribution in [0.5, 0.6) is 0 Å². The van der Waals surface area contributed by atoms with Crippen LogP contribution in [-0.4, -0.2) is 36.5 Å². The molecule has 1 aliphatic heterocycles. The Morgan fingerprint density at radius 3 is 2.53 bits per heavy atom. The summed E-state index contributed by atoms with van der Waals surface area (Å²) in [4.78, 5) is 13.5. The van der Waals surface area contributed by atoms with Gasteiger partial charge < -0.3 is 5.73 Å². The van der Waals surface area contributed by atoms with Crippen molar-refractivity contribution in [1.82, 2.24) is 10.4 Å². The molecule has 3 N–H and O–H groups in total. The second-order valence-corrected chi connectivity index (χ2v) is 6.23. The fourth-order valence-electron chi connectivity index (χ4n) is 1.71. The average Bonchev–Trinajstić information content (AvgIpc) is 2.64. The Balaban J connectivity index is 3.03. The van der Waals surface area contributed by atoms with Gasteiger partial charge >= 0.3 is 6.03 Å². The van der Waals surface area contributed by atoms with Crippen LogP contribution in [0.3, 0.4) is 0 Å². The number of rotatable bonds is 5. The summed E-state index contributed by atoms with van der Waals surface area (Å²) in [5.74, 6) is 0.0178. The van der Waals surface area contributed by atoms with Crippen LogP contribution in [0.25, 0.3) is 0 Å². The van der Waals surface area contributed by atoms with E-state index in [4.69, 9.17) is 5.73 Å². The Morgan fingerprint density at radius 2 is 2.12 bits per heavy atom. The summed E-state index contributed by atoms with van der Waals surface area (Å²) in [6.45, 7) is 3.63. The first-order chi connectivity index (χ1) is 7.88. The van der Waals surface area contributed by atoms with Gasteiger partial charge in [0.2, 0.25) is 4.99 Å². The molecule has 0 saturated carbocycles. The lowest BCUT2D eigenvalue weighted by Gasteiger charge is -2.27. The summed E-state index contributed by atoms with van der Waals surface area (Å²) in [6, 6.07) is -0.779. The van der Waals surface area contributed by atoms with E-state index in [1.165, 1.54) is 0 Å². The van der Waals surface area contributed by atoms with E-state index >= 15 is 0 Å². The van der Waals surface area contributed by atoms with Gasteiger partial charge in [-0.15, -0.1) is 0 Å². The van der Waals surface area contributed by atoms with Gasteiger partial charge in [-0.05, 0) is 6.42 Å². The van der Waals surface area contributed by atoms with Crippen molar-refractivity contribution in [1.29, 1.82) is 0 Å². The van der Waals surface area contributed by atoms with Crippen LogP contribution in [0.1, 0.15) is 33.1 Å². The second kappa shape index (κ2) is 5.01. The maximum atomic E-state index is 12.2. The van der Waals surface area contributed by atoms with Crippen LogP contribution in [0.15, 0.2) is 4.99 Å². The maximum Gasteiger partial charge on any atom is 0.334 e. The third-order valence-corrected chi connectivity index (χ3v) is 4.87. The number of urea groups is 1. The van der Waals surface area contributed by atoms with Crippen molar-refractivity contribution in [2.24, 2.45) is 10.7 Å². The number of nitrogens with zero attached hydrogens (tertiary/aromatic N) is 2. The number of hydrogen-bond donors (Lipinski definition) is 2. The molecule has 17 heavy (non-hydrogen) atoms. The number of sulfone groups is 1. The highest BCUT2D eigenvalue weighted by molar-refractivity contribution is 7.92. The molecule has 0 aromatic carbocycles. The number of carbonyl (C=O) groups is 1. The summed E-state index contributed by atoms with van der Waals surface area (Å²) in [5.41, 5.74) is 7.65. The molecule has 0 aliphatic carbocycles. The van der Waals surface area contributed by atoms with Crippen LogP contribution < -0.4 is 11.2 Å². The quantitative estimate of drug-likeness (QED) is 0.738. The van der Waals surface area contributed by atoms with E-state index in [0.29, 0.717) is 19.3 Å². The number of primary amides is 1. The summed E-state index contributed by atoms with van der Waals surface area (Å²) in [5, 5.41) is 0.906. The maximum absolute atomic E-state index is 12.2. The van der Waals surface area contributed by atoms with Crippen LogP contribution >= 0.6 is 0 Å². The molecule has 0 aromatic rings. The minimum absolute atomic E-state index is 0.0178. The molecule has 1 heterocycles. The number of carbonyl (C=O) groups excluding carboxylic acids is 1. The molecule has 0 saturated heterocycles. The molecule has 1 rings (SSSR count). The minimum atomic E-state index is -3.46. The fourth-order valence-corrected chi connectivity index (χ4v) is 3.55. The van der Waals surface area contributed by atoms with E-state index in [1.807, 2.05) is 6.92 Å². The van der Waals surface area contributed by atoms with Crippen molar-refractivity contribution in [3.63, 3.8) is 0 Å². The molecule has 1 aliphatic rings. The SMILES string of the molecule is CCCC1(S(=O)(=O)CCC)N=CN(C(N)=O)N1. The third-order valence-electron chi connectivity index (χ3n) is 2.49. The number of nitrogens with two attached hydrogens (primary N) is 1. The van der Waals surface area contributed by atoms with E-state index in [9.17, 15) is 13.2 Å². The van der Waals surface area contributed by atoms with Gasteiger partial charge in [0.1, 0.15) is 6.34 Å². The minimum Gasteiger partial charge on any atom is -0.350 e. The van der Waals surface area contributed by atoms with Crippen LogP contribution in [0.2, 0.25) is 0 Å². The smallest absolute Gasteiger partial charge is 0.334 e. The molecule has 0 spiro atoms. The lowest BCUT2D eigenvalue weighted by molar-refractivity contribution is 0.209. The first kappa shape index (κ1) is 13.9. The standard InChI is InChI=1S/C9H18N4O3S/c1-3-5-9(17(15,16)6-4-2)11-7-13(12-9)8(10)14/h7,12H,3-6H2,1-2H3,(H2,10,14). The fraction of sp³-hybridized carbons (Fsp3) is 0.778. The van der Waals surface area contributed by atoms with Crippen LogP contribution in [0.4, 0.5) is 4.79 Å². The molecule has 98 valence electrons. The Bertz CT molecular complexity index is 420. The Morgan fingerprint density at radius 1 is 1.47 bits per heavy atom. The van der Waals surface area contributed by atoms with Crippen molar-refractivity contribution >= 4 is 22.2 Å². The van der Waals surface area contributed by atoms with E-state index < -0.39 is 20.9 Å². The third kappa shape index (κ3) is 2.58. The van der Waals surface area contributed by atoms with Crippen molar-refractivity contribution < 1.29 is 13.2 Å². The molecule has 7 nitrogen and oxygen atoms in total. The Kier molecular flexibility index (Phi) is 4.10. The zero-order valence-electron chi connectivity index (χ0n) is 10.0. The molecular formula is C9H18N4O3S. The zero-order valence-corrected chi connectivity index (χ0v) is 10.8. The molecule has 0 fully saturated rings. The number of amides is 2. The summed E-state index contributed by atoms with van der Waals surface area (Å²) in [7, 11) is -3.46. The molecule has 1 unspecified atom stereocenters. The van der Waals surface area contributed by atoms with E-state index in [1.54, 1.807) is 6.92 Å². The van der Waals surface area contributed by atoms with Gasteiger partial charge in [0, 0.05) is 6.42 Å².